The molecule has 0 bridgehead atoms. The number of piperidine rings is 1. The molecule has 1 rings (SSSR count). The molecule has 0 aliphatic carbocycles. The maximum Gasteiger partial charge on any atom is 0.317 e. The van der Waals surface area contributed by atoms with Crippen molar-refractivity contribution >= 4 is 12.0 Å². The van der Waals surface area contributed by atoms with E-state index in [1.54, 1.807) is 4.90 Å². The normalized spacial score (nSPS) is 20.5. The lowest BCUT2D eigenvalue weighted by Gasteiger charge is -2.35. The summed E-state index contributed by atoms with van der Waals surface area (Å²) in [5, 5.41) is 11.6. The number of rotatable bonds is 7. The molecule has 6 nitrogen and oxygen atoms in total. The van der Waals surface area contributed by atoms with Gasteiger partial charge in [0.15, 0.2) is 0 Å². The fraction of sp³-hybridized carbons (Fsp3) is 0.857. The number of carbonyl (C=O) groups excluding carboxylic acids is 1. The Morgan fingerprint density at radius 1 is 1.45 bits per heavy atom. The van der Waals surface area contributed by atoms with Crippen molar-refractivity contribution in [1.29, 1.82) is 0 Å². The van der Waals surface area contributed by atoms with Crippen molar-refractivity contribution in [2.45, 2.75) is 58.1 Å². The number of hydrogen-bond donors (Lipinski definition) is 2. The van der Waals surface area contributed by atoms with Gasteiger partial charge >= 0.3 is 12.0 Å². The third-order valence-electron chi connectivity index (χ3n) is 3.57. The van der Waals surface area contributed by atoms with Crippen LogP contribution >= 0.6 is 0 Å². The van der Waals surface area contributed by atoms with E-state index in [4.69, 9.17) is 9.84 Å². The van der Waals surface area contributed by atoms with Crippen molar-refractivity contribution in [1.82, 2.24) is 10.2 Å². The van der Waals surface area contributed by atoms with Crippen LogP contribution in [0.1, 0.15) is 46.0 Å². The van der Waals surface area contributed by atoms with Crippen molar-refractivity contribution in [3.05, 3.63) is 0 Å². The van der Waals surface area contributed by atoms with E-state index in [-0.39, 0.29) is 24.6 Å². The molecule has 2 unspecified atom stereocenters. The van der Waals surface area contributed by atoms with Crippen LogP contribution < -0.4 is 5.32 Å². The van der Waals surface area contributed by atoms with E-state index in [1.165, 1.54) is 0 Å². The quantitative estimate of drug-likeness (QED) is 0.748. The predicted octanol–water partition coefficient (Wildman–Crippen LogP) is 1.84. The average molecular weight is 286 g/mol. The number of urea groups is 1. The highest BCUT2D eigenvalue weighted by Gasteiger charge is 2.27. The van der Waals surface area contributed by atoms with Crippen molar-refractivity contribution in [3.8, 4) is 0 Å². The molecule has 1 heterocycles. The Balaban J connectivity index is 2.43. The fourth-order valence-electron chi connectivity index (χ4n) is 2.53. The first-order valence-corrected chi connectivity index (χ1v) is 7.42. The molecule has 0 radical (unpaired) electrons. The molecule has 2 N–H and O–H groups in total. The number of carboxylic acid groups (broad SMARTS) is 1. The van der Waals surface area contributed by atoms with E-state index in [2.05, 4.69) is 5.32 Å². The monoisotopic (exact) mass is 286 g/mol. The molecule has 20 heavy (non-hydrogen) atoms. The smallest absolute Gasteiger partial charge is 0.317 e. The first kappa shape index (κ1) is 16.8. The highest BCUT2D eigenvalue weighted by Crippen LogP contribution is 2.20. The first-order valence-electron chi connectivity index (χ1n) is 7.42. The zero-order valence-corrected chi connectivity index (χ0v) is 12.4. The van der Waals surface area contributed by atoms with E-state index in [0.29, 0.717) is 26.1 Å². The molecule has 2 atom stereocenters. The highest BCUT2D eigenvalue weighted by molar-refractivity contribution is 5.74. The molecule has 6 heteroatoms. The van der Waals surface area contributed by atoms with E-state index in [0.717, 1.165) is 19.3 Å². The number of carbonyl (C=O) groups is 2. The Bertz CT molecular complexity index is 322. The Hall–Kier alpha value is -1.30. The molecular formula is C14H26N2O4. The second-order valence-corrected chi connectivity index (χ2v) is 5.23. The summed E-state index contributed by atoms with van der Waals surface area (Å²) < 4.78 is 5.37. The minimum absolute atomic E-state index is 0.00814. The minimum atomic E-state index is -0.805. The second-order valence-electron chi connectivity index (χ2n) is 5.23. The molecule has 0 aromatic rings. The van der Waals surface area contributed by atoms with Gasteiger partial charge in [0.05, 0.1) is 6.10 Å². The van der Waals surface area contributed by atoms with Crippen LogP contribution in [0.5, 0.6) is 0 Å². The van der Waals surface area contributed by atoms with Gasteiger partial charge in [-0.15, -0.1) is 0 Å². The number of aliphatic carboxylic acids is 1. The zero-order chi connectivity index (χ0) is 15.0. The second kappa shape index (κ2) is 8.79. The predicted molar refractivity (Wildman–Crippen MR) is 75.7 cm³/mol. The van der Waals surface area contributed by atoms with E-state index in [1.807, 2.05) is 13.8 Å². The average Bonchev–Trinajstić information content (AvgIpc) is 2.43. The molecule has 1 aliphatic heterocycles. The van der Waals surface area contributed by atoms with Crippen LogP contribution in [0.2, 0.25) is 0 Å². The van der Waals surface area contributed by atoms with Gasteiger partial charge < -0.3 is 20.1 Å². The number of likely N-dealkylation sites (tertiary alicyclic amines) is 1. The molecule has 1 fully saturated rings. The maximum atomic E-state index is 12.2. The molecule has 2 amide bonds. The Morgan fingerprint density at radius 2 is 2.20 bits per heavy atom. The molecule has 0 saturated carbocycles. The van der Waals surface area contributed by atoms with Crippen molar-refractivity contribution < 1.29 is 19.4 Å². The number of nitrogens with zero attached hydrogens (tertiary/aromatic N) is 1. The lowest BCUT2D eigenvalue weighted by Crippen LogP contribution is -2.50. The molecule has 116 valence electrons. The van der Waals surface area contributed by atoms with Crippen LogP contribution in [0, 0.1) is 0 Å². The standard InChI is InChI=1S/C14H26N2O4/c1-3-20-11(2)10-15-14(19)16-9-5-4-6-12(16)7-8-13(17)18/h11-12H,3-10H2,1-2H3,(H,15,19)(H,17,18). The Morgan fingerprint density at radius 3 is 2.85 bits per heavy atom. The summed E-state index contributed by atoms with van der Waals surface area (Å²) in [6, 6.07) is -0.0612. The van der Waals surface area contributed by atoms with Crippen LogP contribution in [-0.2, 0) is 9.53 Å². The van der Waals surface area contributed by atoms with E-state index >= 15 is 0 Å². The van der Waals surface area contributed by atoms with Crippen molar-refractivity contribution in [2.75, 3.05) is 19.7 Å². The van der Waals surface area contributed by atoms with Gasteiger partial charge in [-0.1, -0.05) is 0 Å². The summed E-state index contributed by atoms with van der Waals surface area (Å²) in [5.41, 5.74) is 0. The molecule has 0 aromatic carbocycles. The lowest BCUT2D eigenvalue weighted by atomic mass is 9.98. The van der Waals surface area contributed by atoms with Gasteiger partial charge in [-0.25, -0.2) is 4.79 Å². The summed E-state index contributed by atoms with van der Waals surface area (Å²) >= 11 is 0. The molecule has 1 aliphatic rings. The summed E-state index contributed by atoms with van der Waals surface area (Å²) in [4.78, 5) is 24.6. The molecule has 0 spiro atoms. The van der Waals surface area contributed by atoms with E-state index in [9.17, 15) is 9.59 Å². The number of nitrogens with one attached hydrogen (secondary N) is 1. The number of carboxylic acids is 1. The van der Waals surface area contributed by atoms with Crippen molar-refractivity contribution in [3.63, 3.8) is 0 Å². The van der Waals surface area contributed by atoms with Gasteiger partial charge in [-0.2, -0.15) is 0 Å². The van der Waals surface area contributed by atoms with Crippen LogP contribution in [0.25, 0.3) is 0 Å². The molecular weight excluding hydrogens is 260 g/mol. The van der Waals surface area contributed by atoms with E-state index < -0.39 is 5.97 Å². The minimum Gasteiger partial charge on any atom is -0.481 e. The third kappa shape index (κ3) is 5.77. The largest absolute Gasteiger partial charge is 0.481 e. The summed E-state index contributed by atoms with van der Waals surface area (Å²) in [6.45, 7) is 5.66. The topological polar surface area (TPSA) is 78.9 Å². The van der Waals surface area contributed by atoms with Crippen molar-refractivity contribution in [2.24, 2.45) is 0 Å². The van der Waals surface area contributed by atoms with Crippen LogP contribution in [0.4, 0.5) is 4.79 Å². The fourth-order valence-corrected chi connectivity index (χ4v) is 2.53. The van der Waals surface area contributed by atoms with Gasteiger partial charge in [-0.3, -0.25) is 4.79 Å². The van der Waals surface area contributed by atoms with Crippen LogP contribution in [0.3, 0.4) is 0 Å². The number of hydrogen-bond acceptors (Lipinski definition) is 3. The third-order valence-corrected chi connectivity index (χ3v) is 3.57. The molecule has 1 saturated heterocycles. The first-order chi connectivity index (χ1) is 9.54. The van der Waals surface area contributed by atoms with Gasteiger partial charge in [0.1, 0.15) is 0 Å². The Kier molecular flexibility index (Phi) is 7.36. The lowest BCUT2D eigenvalue weighted by molar-refractivity contribution is -0.137. The van der Waals surface area contributed by atoms with Crippen LogP contribution in [0.15, 0.2) is 0 Å². The number of ether oxygens (including phenoxy) is 1. The highest BCUT2D eigenvalue weighted by atomic mass is 16.5. The van der Waals surface area contributed by atoms with Gasteiger partial charge in [0.25, 0.3) is 0 Å². The Labute approximate surface area is 120 Å². The van der Waals surface area contributed by atoms with Gasteiger partial charge in [0, 0.05) is 32.2 Å². The maximum absolute atomic E-state index is 12.2. The van der Waals surface area contributed by atoms with Gasteiger partial charge in [0.2, 0.25) is 0 Å². The summed E-state index contributed by atoms with van der Waals surface area (Å²) in [6.07, 6.45) is 3.57. The molecule has 0 aromatic heterocycles. The number of amides is 2. The summed E-state index contributed by atoms with van der Waals surface area (Å²) in [7, 11) is 0. The summed E-state index contributed by atoms with van der Waals surface area (Å²) in [5.74, 6) is -0.805. The SMILES string of the molecule is CCOC(C)CNC(=O)N1CCCCC1CCC(=O)O. The van der Waals surface area contributed by atoms with Gasteiger partial charge in [-0.05, 0) is 39.5 Å². The zero-order valence-electron chi connectivity index (χ0n) is 12.4. The van der Waals surface area contributed by atoms with Crippen LogP contribution in [-0.4, -0.2) is 53.8 Å².